The number of hydrogen-bond acceptors (Lipinski definition) is 7. The first-order valence-electron chi connectivity index (χ1n) is 15.7. The molecule has 0 unspecified atom stereocenters. The molecule has 1 aliphatic heterocycles. The van der Waals surface area contributed by atoms with Crippen molar-refractivity contribution in [1.29, 1.82) is 0 Å². The van der Waals surface area contributed by atoms with E-state index in [0.29, 0.717) is 31.5 Å². The smallest absolute Gasteiger partial charge is 0.230 e. The second kappa shape index (κ2) is 16.7. The van der Waals surface area contributed by atoms with Crippen LogP contribution >= 0.6 is 0 Å². The first-order chi connectivity index (χ1) is 21.7. The van der Waals surface area contributed by atoms with E-state index in [1.165, 1.54) is 0 Å². The fourth-order valence-electron chi connectivity index (χ4n) is 6.06. The summed E-state index contributed by atoms with van der Waals surface area (Å²) in [6.45, 7) is 9.51. The maximum Gasteiger partial charge on any atom is 0.230 e. The van der Waals surface area contributed by atoms with Gasteiger partial charge in [-0.3, -0.25) is 14.5 Å². The van der Waals surface area contributed by atoms with Crippen LogP contribution in [0.25, 0.3) is 20.9 Å². The zero-order valence-electron chi connectivity index (χ0n) is 26.4. The second-order valence-corrected chi connectivity index (χ2v) is 12.2. The number of piperazine rings is 1. The van der Waals surface area contributed by atoms with Gasteiger partial charge in [-0.05, 0) is 98.5 Å². The number of carbonyl (C=O) groups is 2. The quantitative estimate of drug-likeness (QED) is 0.174. The number of anilines is 1. The first-order valence-corrected chi connectivity index (χ1v) is 15.7. The van der Waals surface area contributed by atoms with E-state index in [1.54, 1.807) is 4.90 Å². The van der Waals surface area contributed by atoms with Crippen molar-refractivity contribution in [2.24, 2.45) is 16.1 Å². The zero-order chi connectivity index (χ0) is 32.2. The maximum atomic E-state index is 13.7. The topological polar surface area (TPSA) is 171 Å². The van der Waals surface area contributed by atoms with Crippen molar-refractivity contribution in [3.05, 3.63) is 80.0 Å². The summed E-state index contributed by atoms with van der Waals surface area (Å²) in [6.07, 6.45) is 3.08. The van der Waals surface area contributed by atoms with Crippen molar-refractivity contribution in [1.82, 2.24) is 15.5 Å². The Morgan fingerprint density at radius 2 is 1.89 bits per heavy atom. The normalized spacial score (nSPS) is 20.0. The van der Waals surface area contributed by atoms with Gasteiger partial charge < -0.3 is 20.3 Å². The van der Waals surface area contributed by atoms with Gasteiger partial charge in [-0.25, -0.2) is 0 Å². The van der Waals surface area contributed by atoms with Crippen LogP contribution in [0.3, 0.4) is 0 Å². The van der Waals surface area contributed by atoms with Crippen LogP contribution in [-0.4, -0.2) is 67.7 Å². The SMILES string of the molecule is Cc1cc(N(CN=[N+]=[N-])C(=O)C2CCC(Oc3cccc(CC(=O)NC(C)C)c3)CC2)ccc1CN1CCN[C@@H](CN=[N+]=[N-])C1. The largest absolute Gasteiger partial charge is 0.490 e. The van der Waals surface area contributed by atoms with E-state index in [4.69, 9.17) is 15.8 Å². The fraction of sp³-hybridized carbons (Fsp3) is 0.562. The number of nitrogens with one attached hydrogen (secondary N) is 2. The third kappa shape index (κ3) is 10.1. The molecule has 45 heavy (non-hydrogen) atoms. The van der Waals surface area contributed by atoms with E-state index in [0.717, 1.165) is 61.5 Å². The lowest BCUT2D eigenvalue weighted by Crippen LogP contribution is -2.51. The molecule has 2 aromatic rings. The third-order valence-electron chi connectivity index (χ3n) is 8.31. The molecule has 13 nitrogen and oxygen atoms in total. The van der Waals surface area contributed by atoms with E-state index in [2.05, 4.69) is 35.6 Å². The van der Waals surface area contributed by atoms with Gasteiger partial charge in [0.1, 0.15) is 12.4 Å². The number of amides is 2. The van der Waals surface area contributed by atoms with Crippen LogP contribution in [-0.2, 0) is 22.6 Å². The summed E-state index contributed by atoms with van der Waals surface area (Å²) in [4.78, 5) is 35.6. The van der Waals surface area contributed by atoms with Gasteiger partial charge in [0.05, 0.1) is 12.5 Å². The van der Waals surface area contributed by atoms with Crippen LogP contribution in [0.1, 0.15) is 56.2 Å². The molecule has 0 bridgehead atoms. The molecule has 13 heteroatoms. The molecule has 240 valence electrons. The van der Waals surface area contributed by atoms with Crippen LogP contribution in [0.5, 0.6) is 5.75 Å². The predicted molar refractivity (Wildman–Crippen MR) is 174 cm³/mol. The van der Waals surface area contributed by atoms with Crippen molar-refractivity contribution < 1.29 is 14.3 Å². The van der Waals surface area contributed by atoms with E-state index < -0.39 is 0 Å². The minimum Gasteiger partial charge on any atom is -0.490 e. The maximum absolute atomic E-state index is 13.7. The van der Waals surface area contributed by atoms with Gasteiger partial charge in [0, 0.05) is 66.2 Å². The zero-order valence-corrected chi connectivity index (χ0v) is 26.4. The summed E-state index contributed by atoms with van der Waals surface area (Å²) in [7, 11) is 0. The number of ether oxygens (including phenoxy) is 1. The second-order valence-electron chi connectivity index (χ2n) is 12.2. The van der Waals surface area contributed by atoms with Crippen molar-refractivity contribution in [3.8, 4) is 5.75 Å². The Labute approximate surface area is 264 Å². The number of aryl methyl sites for hydroxylation is 1. The van der Waals surface area contributed by atoms with E-state index >= 15 is 0 Å². The number of nitrogens with zero attached hydrogens (tertiary/aromatic N) is 8. The predicted octanol–water partition coefficient (Wildman–Crippen LogP) is 5.38. The van der Waals surface area contributed by atoms with E-state index in [-0.39, 0.29) is 42.6 Å². The average Bonchev–Trinajstić information content (AvgIpc) is 3.01. The van der Waals surface area contributed by atoms with Gasteiger partial charge in [0.15, 0.2) is 0 Å². The molecule has 0 aromatic heterocycles. The van der Waals surface area contributed by atoms with Crippen LogP contribution in [0.15, 0.2) is 52.7 Å². The minimum atomic E-state index is -0.196. The molecule has 2 amide bonds. The summed E-state index contributed by atoms with van der Waals surface area (Å²) in [5.41, 5.74) is 21.5. The van der Waals surface area contributed by atoms with Crippen molar-refractivity contribution in [2.45, 2.75) is 77.6 Å². The molecule has 0 radical (unpaired) electrons. The summed E-state index contributed by atoms with van der Waals surface area (Å²) in [6, 6.07) is 13.8. The minimum absolute atomic E-state index is 0.0165. The van der Waals surface area contributed by atoms with Crippen molar-refractivity contribution in [3.63, 3.8) is 0 Å². The number of benzene rings is 2. The Bertz CT molecular complexity index is 1410. The number of hydrogen-bond donors (Lipinski definition) is 2. The van der Waals surface area contributed by atoms with Gasteiger partial charge in [-0.15, -0.1) is 0 Å². The molecule has 2 N–H and O–H groups in total. The summed E-state index contributed by atoms with van der Waals surface area (Å²) < 4.78 is 6.26. The molecule has 1 heterocycles. The Morgan fingerprint density at radius 3 is 2.60 bits per heavy atom. The van der Waals surface area contributed by atoms with Gasteiger partial charge >= 0.3 is 0 Å². The van der Waals surface area contributed by atoms with Gasteiger partial charge in [0.25, 0.3) is 0 Å². The van der Waals surface area contributed by atoms with Crippen LogP contribution < -0.4 is 20.3 Å². The molecule has 2 aromatic carbocycles. The Hall–Kier alpha value is -4.28. The third-order valence-corrected chi connectivity index (χ3v) is 8.31. The fourth-order valence-corrected chi connectivity index (χ4v) is 6.06. The van der Waals surface area contributed by atoms with E-state index in [9.17, 15) is 9.59 Å². The Balaban J connectivity index is 1.35. The summed E-state index contributed by atoms with van der Waals surface area (Å²) >= 11 is 0. The lowest BCUT2D eigenvalue weighted by atomic mass is 9.86. The molecule has 2 fully saturated rings. The Kier molecular flexibility index (Phi) is 12.5. The van der Waals surface area contributed by atoms with Gasteiger partial charge in [0.2, 0.25) is 11.8 Å². The molecule has 1 saturated heterocycles. The summed E-state index contributed by atoms with van der Waals surface area (Å²) in [5, 5.41) is 13.7. The lowest BCUT2D eigenvalue weighted by Gasteiger charge is -2.34. The number of azide groups is 2. The molecule has 0 spiro atoms. The van der Waals surface area contributed by atoms with Gasteiger partial charge in [-0.1, -0.05) is 28.4 Å². The highest BCUT2D eigenvalue weighted by molar-refractivity contribution is 5.95. The Morgan fingerprint density at radius 1 is 1.11 bits per heavy atom. The van der Waals surface area contributed by atoms with Crippen LogP contribution in [0.2, 0.25) is 0 Å². The molecular formula is C32H44N10O3. The number of rotatable bonds is 13. The highest BCUT2D eigenvalue weighted by Crippen LogP contribution is 2.31. The molecule has 1 atom stereocenters. The lowest BCUT2D eigenvalue weighted by molar-refractivity contribution is -0.124. The highest BCUT2D eigenvalue weighted by Gasteiger charge is 2.31. The van der Waals surface area contributed by atoms with Crippen LogP contribution in [0.4, 0.5) is 5.69 Å². The summed E-state index contributed by atoms with van der Waals surface area (Å²) in [5.74, 6) is 0.466. The highest BCUT2D eigenvalue weighted by atomic mass is 16.5. The van der Waals surface area contributed by atoms with Crippen molar-refractivity contribution in [2.75, 3.05) is 37.7 Å². The molecule has 1 saturated carbocycles. The average molecular weight is 617 g/mol. The monoisotopic (exact) mass is 616 g/mol. The van der Waals surface area contributed by atoms with E-state index in [1.807, 2.05) is 63.2 Å². The van der Waals surface area contributed by atoms with Crippen molar-refractivity contribution >= 4 is 17.5 Å². The van der Waals surface area contributed by atoms with Crippen LogP contribution in [0, 0.1) is 12.8 Å². The molecule has 2 aliphatic rings. The standard InChI is InChI=1S/C32H44N10O3/c1-22(2)38-31(43)17-24-5-4-6-30(16-24)45-29-11-8-25(9-12-29)32(44)42(21-37-40-34)28-10-7-26(23(3)15-28)19-41-14-13-35-27(20-41)18-36-39-33/h4-7,10,15-16,22,25,27,29,35H,8-9,11-14,17-21H2,1-3H3,(H,38,43)/t25?,27-,29?/m0/s1. The number of carbonyl (C=O) groups excluding carboxylic acids is 2. The van der Waals surface area contributed by atoms with Gasteiger partial charge in [-0.2, -0.15) is 0 Å². The molecular weight excluding hydrogens is 572 g/mol. The first kappa shape index (κ1) is 33.6. The molecule has 4 rings (SSSR count). The molecule has 1 aliphatic carbocycles.